The van der Waals surface area contributed by atoms with Gasteiger partial charge in [-0.05, 0) is 24.6 Å². The Labute approximate surface area is 121 Å². The van der Waals surface area contributed by atoms with Crippen molar-refractivity contribution in [2.45, 2.75) is 13.0 Å². The third-order valence-electron chi connectivity index (χ3n) is 2.89. The van der Waals surface area contributed by atoms with E-state index in [-0.39, 0.29) is 17.8 Å². The van der Waals surface area contributed by atoms with Gasteiger partial charge in [0.15, 0.2) is 0 Å². The molecule has 1 atom stereocenters. The van der Waals surface area contributed by atoms with Gasteiger partial charge >= 0.3 is 12.0 Å². The van der Waals surface area contributed by atoms with Gasteiger partial charge in [-0.1, -0.05) is 30.3 Å². The number of carboxylic acids is 1. The first kappa shape index (κ1) is 14.5. The van der Waals surface area contributed by atoms with Crippen molar-refractivity contribution in [3.05, 3.63) is 59.9 Å². The van der Waals surface area contributed by atoms with Crippen LogP contribution >= 0.6 is 0 Å². The monoisotopic (exact) mass is 285 g/mol. The molecule has 21 heavy (non-hydrogen) atoms. The van der Waals surface area contributed by atoms with Crippen LogP contribution in [0.25, 0.3) is 0 Å². The molecule has 1 heterocycles. The molecule has 0 fully saturated rings. The fraction of sp³-hybridized carbons (Fsp3) is 0.133. The molecule has 2 rings (SSSR count). The molecule has 0 aliphatic rings. The number of pyridine rings is 1. The average Bonchev–Trinajstić information content (AvgIpc) is 2.48. The Balaban J connectivity index is 1.94. The van der Waals surface area contributed by atoms with Gasteiger partial charge in [0.05, 0.1) is 17.9 Å². The van der Waals surface area contributed by atoms with Gasteiger partial charge in [-0.3, -0.25) is 0 Å². The number of aromatic carboxylic acids is 1. The van der Waals surface area contributed by atoms with Gasteiger partial charge < -0.3 is 15.7 Å². The Bertz CT molecular complexity index is 626. The highest BCUT2D eigenvalue weighted by atomic mass is 16.4. The Morgan fingerprint density at radius 3 is 2.43 bits per heavy atom. The van der Waals surface area contributed by atoms with Crippen molar-refractivity contribution in [1.82, 2.24) is 10.3 Å². The molecule has 1 aromatic heterocycles. The number of amides is 2. The lowest BCUT2D eigenvalue weighted by Gasteiger charge is -2.14. The summed E-state index contributed by atoms with van der Waals surface area (Å²) in [6.45, 7) is 1.88. The number of hydrogen-bond donors (Lipinski definition) is 3. The summed E-state index contributed by atoms with van der Waals surface area (Å²) in [5.74, 6) is -1.11. The number of benzene rings is 1. The molecule has 2 aromatic rings. The molecule has 0 radical (unpaired) electrons. The molecule has 108 valence electrons. The predicted octanol–water partition coefficient (Wildman–Crippen LogP) is 2.66. The molecule has 0 aliphatic carbocycles. The van der Waals surface area contributed by atoms with E-state index in [0.29, 0.717) is 5.69 Å². The molecular formula is C15H15N3O3. The Kier molecular flexibility index (Phi) is 4.50. The third-order valence-corrected chi connectivity index (χ3v) is 2.89. The minimum absolute atomic E-state index is 0.0707. The second kappa shape index (κ2) is 6.51. The highest BCUT2D eigenvalue weighted by Crippen LogP contribution is 2.12. The normalized spacial score (nSPS) is 11.5. The predicted molar refractivity (Wildman–Crippen MR) is 78.2 cm³/mol. The number of rotatable bonds is 4. The van der Waals surface area contributed by atoms with Crippen LogP contribution in [0.1, 0.15) is 29.0 Å². The highest BCUT2D eigenvalue weighted by Gasteiger charge is 2.10. The van der Waals surface area contributed by atoms with Gasteiger partial charge in [-0.15, -0.1) is 0 Å². The van der Waals surface area contributed by atoms with Crippen LogP contribution in [0.4, 0.5) is 10.5 Å². The van der Waals surface area contributed by atoms with Crippen molar-refractivity contribution in [2.75, 3.05) is 5.32 Å². The number of carbonyl (C=O) groups excluding carboxylic acids is 1. The van der Waals surface area contributed by atoms with Crippen LogP contribution in [-0.2, 0) is 0 Å². The van der Waals surface area contributed by atoms with E-state index < -0.39 is 5.97 Å². The molecule has 2 amide bonds. The van der Waals surface area contributed by atoms with Crippen LogP contribution in [0.15, 0.2) is 48.7 Å². The van der Waals surface area contributed by atoms with Gasteiger partial charge in [0.25, 0.3) is 0 Å². The third kappa shape index (κ3) is 4.04. The molecule has 1 aromatic carbocycles. The maximum absolute atomic E-state index is 11.8. The van der Waals surface area contributed by atoms with Crippen molar-refractivity contribution in [3.63, 3.8) is 0 Å². The van der Waals surface area contributed by atoms with Gasteiger partial charge in [0.1, 0.15) is 5.69 Å². The molecular weight excluding hydrogens is 270 g/mol. The minimum atomic E-state index is -1.11. The van der Waals surface area contributed by atoms with E-state index >= 15 is 0 Å². The molecule has 6 heteroatoms. The van der Waals surface area contributed by atoms with Gasteiger partial charge in [0, 0.05) is 0 Å². The summed E-state index contributed by atoms with van der Waals surface area (Å²) in [5, 5.41) is 14.1. The fourth-order valence-electron chi connectivity index (χ4n) is 1.78. The van der Waals surface area contributed by atoms with Crippen LogP contribution in [0, 0.1) is 0 Å². The van der Waals surface area contributed by atoms with E-state index in [1.54, 1.807) is 0 Å². The Morgan fingerprint density at radius 2 is 1.86 bits per heavy atom. The molecule has 1 unspecified atom stereocenters. The summed E-state index contributed by atoms with van der Waals surface area (Å²) in [7, 11) is 0. The molecule has 0 saturated heterocycles. The van der Waals surface area contributed by atoms with E-state index in [4.69, 9.17) is 5.11 Å². The van der Waals surface area contributed by atoms with Crippen LogP contribution in [0.5, 0.6) is 0 Å². The summed E-state index contributed by atoms with van der Waals surface area (Å²) < 4.78 is 0. The van der Waals surface area contributed by atoms with Crippen molar-refractivity contribution in [2.24, 2.45) is 0 Å². The van der Waals surface area contributed by atoms with E-state index in [1.807, 2.05) is 37.3 Å². The lowest BCUT2D eigenvalue weighted by molar-refractivity contribution is 0.0690. The first-order chi connectivity index (χ1) is 10.1. The number of nitrogens with zero attached hydrogens (tertiary/aromatic N) is 1. The zero-order valence-corrected chi connectivity index (χ0v) is 11.4. The van der Waals surface area contributed by atoms with Crippen LogP contribution in [0.3, 0.4) is 0 Å². The minimum Gasteiger partial charge on any atom is -0.477 e. The highest BCUT2D eigenvalue weighted by molar-refractivity contribution is 5.90. The molecule has 0 bridgehead atoms. The number of anilines is 1. The number of aromatic nitrogens is 1. The maximum Gasteiger partial charge on any atom is 0.354 e. The average molecular weight is 285 g/mol. The fourth-order valence-corrected chi connectivity index (χ4v) is 1.78. The van der Waals surface area contributed by atoms with E-state index in [9.17, 15) is 9.59 Å². The zero-order valence-electron chi connectivity index (χ0n) is 11.4. The summed E-state index contributed by atoms with van der Waals surface area (Å²) in [5.41, 5.74) is 1.35. The standard InChI is InChI=1S/C15H15N3O3/c1-10(11-5-3-2-4-6-11)17-15(21)18-12-7-8-13(14(19)20)16-9-12/h2-10H,1H3,(H,19,20)(H2,17,18,21). The lowest BCUT2D eigenvalue weighted by Crippen LogP contribution is -2.31. The second-order valence-corrected chi connectivity index (χ2v) is 4.47. The smallest absolute Gasteiger partial charge is 0.354 e. The van der Waals surface area contributed by atoms with Crippen LogP contribution in [0.2, 0.25) is 0 Å². The summed E-state index contributed by atoms with van der Waals surface area (Å²) in [4.78, 5) is 26.2. The second-order valence-electron chi connectivity index (χ2n) is 4.47. The van der Waals surface area contributed by atoms with E-state index in [2.05, 4.69) is 15.6 Å². The summed E-state index contributed by atoms with van der Waals surface area (Å²) in [6, 6.07) is 11.9. The maximum atomic E-state index is 11.8. The Hall–Kier alpha value is -2.89. The number of carboxylic acid groups (broad SMARTS) is 1. The van der Waals surface area contributed by atoms with Gasteiger partial charge in [0.2, 0.25) is 0 Å². The first-order valence-electron chi connectivity index (χ1n) is 6.38. The van der Waals surface area contributed by atoms with Crippen molar-refractivity contribution in [1.29, 1.82) is 0 Å². The number of nitrogens with one attached hydrogen (secondary N) is 2. The van der Waals surface area contributed by atoms with E-state index in [0.717, 1.165) is 5.56 Å². The van der Waals surface area contributed by atoms with Crippen LogP contribution < -0.4 is 10.6 Å². The first-order valence-corrected chi connectivity index (χ1v) is 6.38. The van der Waals surface area contributed by atoms with Crippen molar-refractivity contribution >= 4 is 17.7 Å². The lowest BCUT2D eigenvalue weighted by atomic mass is 10.1. The Morgan fingerprint density at radius 1 is 1.14 bits per heavy atom. The molecule has 0 spiro atoms. The molecule has 0 aliphatic heterocycles. The molecule has 6 nitrogen and oxygen atoms in total. The number of urea groups is 1. The van der Waals surface area contributed by atoms with Crippen LogP contribution in [-0.4, -0.2) is 22.1 Å². The molecule has 3 N–H and O–H groups in total. The SMILES string of the molecule is CC(NC(=O)Nc1ccc(C(=O)O)nc1)c1ccccc1. The summed E-state index contributed by atoms with van der Waals surface area (Å²) in [6.07, 6.45) is 1.30. The van der Waals surface area contributed by atoms with E-state index in [1.165, 1.54) is 18.3 Å². The topological polar surface area (TPSA) is 91.3 Å². The largest absolute Gasteiger partial charge is 0.477 e. The van der Waals surface area contributed by atoms with Crippen molar-refractivity contribution in [3.8, 4) is 0 Å². The molecule has 0 saturated carbocycles. The number of carbonyl (C=O) groups is 2. The zero-order chi connectivity index (χ0) is 15.2. The van der Waals surface area contributed by atoms with Gasteiger partial charge in [-0.25, -0.2) is 14.6 Å². The van der Waals surface area contributed by atoms with Gasteiger partial charge in [-0.2, -0.15) is 0 Å². The quantitative estimate of drug-likeness (QED) is 0.805. The summed E-state index contributed by atoms with van der Waals surface area (Å²) >= 11 is 0. The van der Waals surface area contributed by atoms with Crippen molar-refractivity contribution < 1.29 is 14.7 Å². The number of hydrogen-bond acceptors (Lipinski definition) is 3.